The van der Waals surface area contributed by atoms with Gasteiger partial charge in [0.1, 0.15) is 5.82 Å². The third-order valence-electron chi connectivity index (χ3n) is 3.59. The lowest BCUT2D eigenvalue weighted by molar-refractivity contribution is -0.142. The monoisotopic (exact) mass is 251 g/mol. The molecular formula is C12H21N5O. The van der Waals surface area contributed by atoms with Gasteiger partial charge >= 0.3 is 0 Å². The Balaban J connectivity index is 1.99. The number of hydrogen-bond acceptors (Lipinski definition) is 4. The van der Waals surface area contributed by atoms with Crippen molar-refractivity contribution in [2.75, 3.05) is 20.1 Å². The molecular weight excluding hydrogens is 230 g/mol. The standard InChI is InChI=1S/C12H21N5O/c1-9-14-10(16-15-9)8-17(3)11(18)12(2)4-6-13-7-5-12/h13H,4-8H2,1-3H3,(H,14,15,16). The van der Waals surface area contributed by atoms with Gasteiger partial charge in [0.2, 0.25) is 5.91 Å². The van der Waals surface area contributed by atoms with Crippen LogP contribution in [0.4, 0.5) is 0 Å². The highest BCUT2D eigenvalue weighted by atomic mass is 16.2. The van der Waals surface area contributed by atoms with E-state index in [1.807, 2.05) is 14.0 Å². The average Bonchev–Trinajstić information content (AvgIpc) is 2.74. The predicted molar refractivity (Wildman–Crippen MR) is 67.8 cm³/mol. The predicted octanol–water partition coefficient (Wildman–Crippen LogP) is 0.461. The van der Waals surface area contributed by atoms with Crippen LogP contribution in [0.15, 0.2) is 0 Å². The number of carbonyl (C=O) groups is 1. The molecule has 0 bridgehead atoms. The van der Waals surface area contributed by atoms with E-state index < -0.39 is 0 Å². The van der Waals surface area contributed by atoms with Crippen LogP contribution in [0.3, 0.4) is 0 Å². The summed E-state index contributed by atoms with van der Waals surface area (Å²) in [6, 6.07) is 0. The van der Waals surface area contributed by atoms with Crippen LogP contribution in [0.1, 0.15) is 31.4 Å². The first kappa shape index (κ1) is 13.0. The molecule has 2 rings (SSSR count). The smallest absolute Gasteiger partial charge is 0.228 e. The summed E-state index contributed by atoms with van der Waals surface area (Å²) in [6.45, 7) is 6.19. The second-order valence-electron chi connectivity index (χ2n) is 5.31. The molecule has 1 aromatic heterocycles. The molecule has 6 nitrogen and oxygen atoms in total. The lowest BCUT2D eigenvalue weighted by atomic mass is 9.80. The molecule has 1 aromatic rings. The Morgan fingerprint density at radius 1 is 1.44 bits per heavy atom. The van der Waals surface area contributed by atoms with E-state index in [0.717, 1.165) is 31.8 Å². The van der Waals surface area contributed by atoms with Crippen LogP contribution in [0.25, 0.3) is 0 Å². The average molecular weight is 251 g/mol. The van der Waals surface area contributed by atoms with Gasteiger partial charge in [0.05, 0.1) is 6.54 Å². The topological polar surface area (TPSA) is 73.9 Å². The Kier molecular flexibility index (Phi) is 3.65. The van der Waals surface area contributed by atoms with Gasteiger partial charge in [-0.25, -0.2) is 4.98 Å². The van der Waals surface area contributed by atoms with Crippen molar-refractivity contribution in [3.05, 3.63) is 11.6 Å². The van der Waals surface area contributed by atoms with Crippen LogP contribution in [-0.4, -0.2) is 46.1 Å². The number of amides is 1. The van der Waals surface area contributed by atoms with Crippen molar-refractivity contribution in [1.82, 2.24) is 25.4 Å². The molecule has 6 heteroatoms. The number of aromatic amines is 1. The van der Waals surface area contributed by atoms with Crippen molar-refractivity contribution in [2.24, 2.45) is 5.41 Å². The molecule has 0 aliphatic carbocycles. The summed E-state index contributed by atoms with van der Waals surface area (Å²) in [4.78, 5) is 18.4. The van der Waals surface area contributed by atoms with Crippen LogP contribution >= 0.6 is 0 Å². The van der Waals surface area contributed by atoms with E-state index in [4.69, 9.17) is 0 Å². The first-order valence-electron chi connectivity index (χ1n) is 6.35. The fourth-order valence-corrected chi connectivity index (χ4v) is 2.40. The van der Waals surface area contributed by atoms with Crippen LogP contribution < -0.4 is 5.32 Å². The number of hydrogen-bond donors (Lipinski definition) is 2. The minimum atomic E-state index is -0.245. The highest BCUT2D eigenvalue weighted by Gasteiger charge is 2.36. The van der Waals surface area contributed by atoms with Gasteiger partial charge in [-0.3, -0.25) is 9.89 Å². The highest BCUT2D eigenvalue weighted by molar-refractivity contribution is 5.82. The summed E-state index contributed by atoms with van der Waals surface area (Å²) < 4.78 is 0. The quantitative estimate of drug-likeness (QED) is 0.818. The fourth-order valence-electron chi connectivity index (χ4n) is 2.40. The van der Waals surface area contributed by atoms with Crippen molar-refractivity contribution in [3.8, 4) is 0 Å². The Labute approximate surface area is 107 Å². The molecule has 100 valence electrons. The van der Waals surface area contributed by atoms with Crippen LogP contribution in [0, 0.1) is 12.3 Å². The zero-order valence-electron chi connectivity index (χ0n) is 11.3. The molecule has 1 fully saturated rings. The van der Waals surface area contributed by atoms with Gasteiger partial charge in [-0.2, -0.15) is 5.10 Å². The molecule has 1 aliphatic rings. The molecule has 18 heavy (non-hydrogen) atoms. The molecule has 1 amide bonds. The van der Waals surface area contributed by atoms with Crippen molar-refractivity contribution in [1.29, 1.82) is 0 Å². The van der Waals surface area contributed by atoms with Crippen molar-refractivity contribution in [3.63, 3.8) is 0 Å². The van der Waals surface area contributed by atoms with E-state index in [1.54, 1.807) is 4.90 Å². The van der Waals surface area contributed by atoms with E-state index in [-0.39, 0.29) is 11.3 Å². The first-order chi connectivity index (χ1) is 8.51. The number of aromatic nitrogens is 3. The van der Waals surface area contributed by atoms with Crippen molar-refractivity contribution in [2.45, 2.75) is 33.2 Å². The molecule has 0 unspecified atom stereocenters. The van der Waals surface area contributed by atoms with Gasteiger partial charge in [-0.05, 0) is 32.9 Å². The maximum Gasteiger partial charge on any atom is 0.228 e. The fraction of sp³-hybridized carbons (Fsp3) is 0.750. The van der Waals surface area contributed by atoms with Gasteiger partial charge < -0.3 is 10.2 Å². The van der Waals surface area contributed by atoms with Gasteiger partial charge in [0.15, 0.2) is 5.82 Å². The minimum Gasteiger partial charge on any atom is -0.338 e. The summed E-state index contributed by atoms with van der Waals surface area (Å²) in [6.07, 6.45) is 1.78. The van der Waals surface area contributed by atoms with E-state index in [1.165, 1.54) is 0 Å². The minimum absolute atomic E-state index is 0.187. The highest BCUT2D eigenvalue weighted by Crippen LogP contribution is 2.30. The first-order valence-corrected chi connectivity index (χ1v) is 6.35. The molecule has 1 aliphatic heterocycles. The molecule has 0 aromatic carbocycles. The Bertz CT molecular complexity index is 422. The van der Waals surface area contributed by atoms with Gasteiger partial charge in [-0.1, -0.05) is 6.92 Å². The summed E-state index contributed by atoms with van der Waals surface area (Å²) in [5.74, 6) is 1.63. The summed E-state index contributed by atoms with van der Waals surface area (Å²) in [5.41, 5.74) is -0.245. The molecule has 1 saturated heterocycles. The van der Waals surface area contributed by atoms with E-state index in [2.05, 4.69) is 27.4 Å². The molecule has 0 radical (unpaired) electrons. The Hall–Kier alpha value is -1.43. The number of nitrogens with one attached hydrogen (secondary N) is 2. The number of carbonyl (C=O) groups excluding carboxylic acids is 1. The summed E-state index contributed by atoms with van der Waals surface area (Å²) >= 11 is 0. The third kappa shape index (κ3) is 2.69. The van der Waals surface area contributed by atoms with E-state index in [9.17, 15) is 4.79 Å². The van der Waals surface area contributed by atoms with E-state index in [0.29, 0.717) is 12.4 Å². The largest absolute Gasteiger partial charge is 0.338 e. The van der Waals surface area contributed by atoms with Gasteiger partial charge in [0.25, 0.3) is 0 Å². The lowest BCUT2D eigenvalue weighted by Gasteiger charge is -2.35. The number of aryl methyl sites for hydroxylation is 1. The van der Waals surface area contributed by atoms with Crippen LogP contribution in [0.2, 0.25) is 0 Å². The zero-order valence-corrected chi connectivity index (χ0v) is 11.3. The molecule has 0 atom stereocenters. The van der Waals surface area contributed by atoms with Crippen molar-refractivity contribution >= 4 is 5.91 Å². The third-order valence-corrected chi connectivity index (χ3v) is 3.59. The van der Waals surface area contributed by atoms with E-state index >= 15 is 0 Å². The van der Waals surface area contributed by atoms with Crippen LogP contribution in [-0.2, 0) is 11.3 Å². The number of H-pyrrole nitrogens is 1. The zero-order chi connectivity index (χ0) is 13.2. The van der Waals surface area contributed by atoms with Gasteiger partial charge in [0, 0.05) is 12.5 Å². The second-order valence-corrected chi connectivity index (χ2v) is 5.31. The maximum atomic E-state index is 12.5. The molecule has 0 saturated carbocycles. The summed E-state index contributed by atoms with van der Waals surface area (Å²) in [5, 5.41) is 10.1. The lowest BCUT2D eigenvalue weighted by Crippen LogP contribution is -2.46. The number of nitrogens with zero attached hydrogens (tertiary/aromatic N) is 3. The Morgan fingerprint density at radius 3 is 2.67 bits per heavy atom. The molecule has 2 heterocycles. The number of piperidine rings is 1. The maximum absolute atomic E-state index is 12.5. The Morgan fingerprint density at radius 2 is 2.11 bits per heavy atom. The SMILES string of the molecule is Cc1nc(CN(C)C(=O)C2(C)CCNCC2)n[nH]1. The van der Waals surface area contributed by atoms with Crippen molar-refractivity contribution < 1.29 is 4.79 Å². The van der Waals surface area contributed by atoms with Crippen LogP contribution in [0.5, 0.6) is 0 Å². The summed E-state index contributed by atoms with van der Waals surface area (Å²) in [7, 11) is 1.82. The molecule has 2 N–H and O–H groups in total. The van der Waals surface area contributed by atoms with Gasteiger partial charge in [-0.15, -0.1) is 0 Å². The molecule has 0 spiro atoms. The number of rotatable bonds is 3. The normalized spacial score (nSPS) is 18.6. The second kappa shape index (κ2) is 5.06.